The van der Waals surface area contributed by atoms with Crippen LogP contribution in [0.3, 0.4) is 0 Å². The van der Waals surface area contributed by atoms with Crippen molar-refractivity contribution in [3.05, 3.63) is 0 Å². The standard InChI is InChI=1S/C18H31N5O9/c1-3-8(2)14(20)17(30)23-11(7-24)16(29)21-9(4-5-13(26)27)15(28)22-10(18(31)32)6-12(19)25/h8-11,14,24H,3-7,20H2,1-2H3,(H2,19,25)(H,21,29)(H,22,28)(H,23,30)(H,26,27)(H,31,32). The summed E-state index contributed by atoms with van der Waals surface area (Å²) >= 11 is 0. The maximum atomic E-state index is 12.5. The lowest BCUT2D eigenvalue weighted by Gasteiger charge is -2.25. The van der Waals surface area contributed by atoms with E-state index in [9.17, 15) is 33.9 Å². The Labute approximate surface area is 184 Å². The molecule has 32 heavy (non-hydrogen) atoms. The van der Waals surface area contributed by atoms with E-state index in [4.69, 9.17) is 21.7 Å². The van der Waals surface area contributed by atoms with Crippen LogP contribution in [0.2, 0.25) is 0 Å². The fraction of sp³-hybridized carbons (Fsp3) is 0.667. The number of nitrogens with one attached hydrogen (secondary N) is 3. The van der Waals surface area contributed by atoms with E-state index < -0.39 is 85.6 Å². The van der Waals surface area contributed by atoms with Gasteiger partial charge in [0.25, 0.3) is 0 Å². The predicted molar refractivity (Wildman–Crippen MR) is 109 cm³/mol. The first-order valence-corrected chi connectivity index (χ1v) is 9.84. The van der Waals surface area contributed by atoms with Crippen LogP contribution in [-0.2, 0) is 28.8 Å². The normalized spacial score (nSPS) is 15.4. The van der Waals surface area contributed by atoms with Crippen LogP contribution in [0.1, 0.15) is 39.5 Å². The van der Waals surface area contributed by atoms with Crippen molar-refractivity contribution in [2.24, 2.45) is 17.4 Å². The average molecular weight is 461 g/mol. The first kappa shape index (κ1) is 28.7. The van der Waals surface area contributed by atoms with E-state index in [-0.39, 0.29) is 5.92 Å². The van der Waals surface area contributed by atoms with Gasteiger partial charge in [0.15, 0.2) is 0 Å². The Balaban J connectivity index is 5.39. The molecule has 0 aliphatic rings. The molecule has 0 aromatic heterocycles. The van der Waals surface area contributed by atoms with E-state index in [1.807, 2.05) is 12.2 Å². The van der Waals surface area contributed by atoms with Gasteiger partial charge in [-0.05, 0) is 12.3 Å². The molecule has 14 nitrogen and oxygen atoms in total. The first-order valence-electron chi connectivity index (χ1n) is 9.84. The van der Waals surface area contributed by atoms with E-state index in [1.165, 1.54) is 0 Å². The lowest BCUT2D eigenvalue weighted by atomic mass is 9.99. The number of hydrogen-bond donors (Lipinski definition) is 8. The third kappa shape index (κ3) is 10.2. The predicted octanol–water partition coefficient (Wildman–Crippen LogP) is -3.37. The molecule has 0 radical (unpaired) electrons. The Morgan fingerprint density at radius 3 is 1.81 bits per heavy atom. The second kappa shape index (κ2) is 13.9. The van der Waals surface area contributed by atoms with Crippen molar-refractivity contribution in [2.75, 3.05) is 6.61 Å². The number of rotatable bonds is 15. The average Bonchev–Trinajstić information content (AvgIpc) is 2.71. The summed E-state index contributed by atoms with van der Waals surface area (Å²) in [7, 11) is 0. The van der Waals surface area contributed by atoms with Gasteiger partial charge in [-0.15, -0.1) is 0 Å². The Kier molecular flexibility index (Phi) is 12.5. The summed E-state index contributed by atoms with van der Waals surface area (Å²) < 4.78 is 0. The molecule has 0 bridgehead atoms. The number of amides is 4. The molecule has 0 aliphatic heterocycles. The molecule has 14 heteroatoms. The number of carbonyl (C=O) groups is 6. The number of carboxylic acids is 2. The van der Waals surface area contributed by atoms with Gasteiger partial charge in [-0.3, -0.25) is 24.0 Å². The van der Waals surface area contributed by atoms with Crippen LogP contribution in [0.15, 0.2) is 0 Å². The molecule has 0 saturated carbocycles. The van der Waals surface area contributed by atoms with Crippen molar-refractivity contribution in [3.8, 4) is 0 Å². The number of aliphatic hydroxyl groups excluding tert-OH is 1. The second-order valence-electron chi connectivity index (χ2n) is 7.22. The van der Waals surface area contributed by atoms with Gasteiger partial charge in [0.05, 0.1) is 19.1 Å². The highest BCUT2D eigenvalue weighted by Gasteiger charge is 2.31. The fourth-order valence-corrected chi connectivity index (χ4v) is 2.46. The smallest absolute Gasteiger partial charge is 0.326 e. The molecule has 0 aromatic carbocycles. The number of nitrogens with two attached hydrogens (primary N) is 2. The van der Waals surface area contributed by atoms with E-state index in [0.29, 0.717) is 6.42 Å². The maximum absolute atomic E-state index is 12.5. The van der Waals surface area contributed by atoms with Crippen LogP contribution in [0, 0.1) is 5.92 Å². The number of hydrogen-bond acceptors (Lipinski definition) is 8. The lowest BCUT2D eigenvalue weighted by Crippen LogP contribution is -2.58. The minimum atomic E-state index is -1.70. The van der Waals surface area contributed by atoms with Gasteiger partial charge in [-0.25, -0.2) is 4.79 Å². The Hall–Kier alpha value is -3.26. The van der Waals surface area contributed by atoms with Crippen molar-refractivity contribution < 1.29 is 44.1 Å². The first-order chi connectivity index (χ1) is 14.8. The third-order valence-corrected chi connectivity index (χ3v) is 4.68. The minimum absolute atomic E-state index is 0.218. The number of aliphatic carboxylic acids is 2. The summed E-state index contributed by atoms with van der Waals surface area (Å²) in [4.78, 5) is 70.2. The number of carbonyl (C=O) groups excluding carboxylic acids is 4. The van der Waals surface area contributed by atoms with E-state index in [1.54, 1.807) is 6.92 Å². The Morgan fingerprint density at radius 1 is 0.875 bits per heavy atom. The third-order valence-electron chi connectivity index (χ3n) is 4.68. The molecule has 5 atom stereocenters. The van der Waals surface area contributed by atoms with Crippen molar-refractivity contribution >= 4 is 35.6 Å². The minimum Gasteiger partial charge on any atom is -0.481 e. The van der Waals surface area contributed by atoms with Gasteiger partial charge < -0.3 is 42.7 Å². The molecule has 0 aliphatic carbocycles. The number of primary amides is 1. The van der Waals surface area contributed by atoms with E-state index >= 15 is 0 Å². The highest BCUT2D eigenvalue weighted by molar-refractivity contribution is 5.95. The Bertz CT molecular complexity index is 715. The Morgan fingerprint density at radius 2 is 1.38 bits per heavy atom. The van der Waals surface area contributed by atoms with E-state index in [0.717, 1.165) is 0 Å². The summed E-state index contributed by atoms with van der Waals surface area (Å²) in [6, 6.07) is -5.70. The summed E-state index contributed by atoms with van der Waals surface area (Å²) in [5.74, 6) is -6.92. The van der Waals surface area contributed by atoms with Crippen LogP contribution in [-0.4, -0.2) is 81.7 Å². The van der Waals surface area contributed by atoms with Gasteiger partial charge in [0.2, 0.25) is 23.6 Å². The molecule has 0 heterocycles. The monoisotopic (exact) mass is 461 g/mol. The van der Waals surface area contributed by atoms with Crippen LogP contribution >= 0.6 is 0 Å². The van der Waals surface area contributed by atoms with Crippen LogP contribution in [0.25, 0.3) is 0 Å². The molecule has 0 spiro atoms. The molecule has 10 N–H and O–H groups in total. The van der Waals surface area contributed by atoms with Crippen LogP contribution < -0.4 is 27.4 Å². The summed E-state index contributed by atoms with van der Waals surface area (Å²) in [6.45, 7) is 2.68. The molecule has 0 aromatic rings. The fourth-order valence-electron chi connectivity index (χ4n) is 2.46. The van der Waals surface area contributed by atoms with Gasteiger partial charge in [0, 0.05) is 6.42 Å². The highest BCUT2D eigenvalue weighted by Crippen LogP contribution is 2.06. The summed E-state index contributed by atoms with van der Waals surface area (Å²) in [5.41, 5.74) is 10.7. The quantitative estimate of drug-likeness (QED) is 0.120. The second-order valence-corrected chi connectivity index (χ2v) is 7.22. The van der Waals surface area contributed by atoms with E-state index in [2.05, 4.69) is 10.6 Å². The molecule has 0 rings (SSSR count). The van der Waals surface area contributed by atoms with Crippen LogP contribution in [0.4, 0.5) is 0 Å². The molecular formula is C18H31N5O9. The van der Waals surface area contributed by atoms with Crippen molar-refractivity contribution in [1.29, 1.82) is 0 Å². The number of aliphatic hydroxyl groups is 1. The van der Waals surface area contributed by atoms with Gasteiger partial charge in [-0.2, -0.15) is 0 Å². The molecule has 182 valence electrons. The maximum Gasteiger partial charge on any atom is 0.326 e. The SMILES string of the molecule is CCC(C)C(N)C(=O)NC(CO)C(=O)NC(CCC(=O)O)C(=O)NC(CC(N)=O)C(=O)O. The zero-order chi connectivity index (χ0) is 25.0. The molecule has 0 saturated heterocycles. The molecule has 4 amide bonds. The largest absolute Gasteiger partial charge is 0.481 e. The van der Waals surface area contributed by atoms with Crippen molar-refractivity contribution in [2.45, 2.75) is 63.7 Å². The summed E-state index contributed by atoms with van der Waals surface area (Å²) in [5, 5.41) is 33.9. The summed E-state index contributed by atoms with van der Waals surface area (Å²) in [6.07, 6.45) is -1.16. The van der Waals surface area contributed by atoms with Crippen LogP contribution in [0.5, 0.6) is 0 Å². The number of carboxylic acid groups (broad SMARTS) is 2. The van der Waals surface area contributed by atoms with Crippen molar-refractivity contribution in [1.82, 2.24) is 16.0 Å². The molecule has 5 unspecified atom stereocenters. The lowest BCUT2D eigenvalue weighted by molar-refractivity contribution is -0.144. The molecular weight excluding hydrogens is 430 g/mol. The highest BCUT2D eigenvalue weighted by atomic mass is 16.4. The topological polar surface area (TPSA) is 251 Å². The zero-order valence-electron chi connectivity index (χ0n) is 17.9. The van der Waals surface area contributed by atoms with Gasteiger partial charge in [0.1, 0.15) is 18.1 Å². The van der Waals surface area contributed by atoms with Crippen molar-refractivity contribution in [3.63, 3.8) is 0 Å². The zero-order valence-corrected chi connectivity index (χ0v) is 17.9. The van der Waals surface area contributed by atoms with Gasteiger partial charge >= 0.3 is 11.9 Å². The van der Waals surface area contributed by atoms with Gasteiger partial charge in [-0.1, -0.05) is 20.3 Å². The molecule has 0 fully saturated rings.